The monoisotopic (exact) mass is 525 g/mol. The van der Waals surface area contributed by atoms with Crippen LogP contribution in [0.25, 0.3) is 11.0 Å². The zero-order valence-electron chi connectivity index (χ0n) is 22.4. The highest BCUT2D eigenvalue weighted by Gasteiger charge is 2.44. The summed E-state index contributed by atoms with van der Waals surface area (Å²) in [7, 11) is 1.58. The fourth-order valence-electron chi connectivity index (χ4n) is 5.77. The molecule has 2 aliphatic rings. The Morgan fingerprint density at radius 1 is 1.00 bits per heavy atom. The van der Waals surface area contributed by atoms with Crippen LogP contribution in [0.2, 0.25) is 0 Å². The van der Waals surface area contributed by atoms with Crippen molar-refractivity contribution in [1.82, 2.24) is 4.90 Å². The highest BCUT2D eigenvalue weighted by molar-refractivity contribution is 5.99. The third kappa shape index (κ3) is 4.57. The number of rotatable bonds is 7. The molecule has 0 spiro atoms. The van der Waals surface area contributed by atoms with Gasteiger partial charge < -0.3 is 23.5 Å². The van der Waals surface area contributed by atoms with E-state index in [2.05, 4.69) is 0 Å². The first kappa shape index (κ1) is 25.2. The number of benzene rings is 3. The van der Waals surface area contributed by atoms with Crippen molar-refractivity contribution in [2.75, 3.05) is 20.3 Å². The van der Waals surface area contributed by atoms with Gasteiger partial charge in [-0.05, 0) is 67.1 Å². The van der Waals surface area contributed by atoms with Gasteiger partial charge >= 0.3 is 0 Å². The lowest BCUT2D eigenvalue weighted by atomic mass is 9.96. The van der Waals surface area contributed by atoms with Gasteiger partial charge in [-0.25, -0.2) is 0 Å². The summed E-state index contributed by atoms with van der Waals surface area (Å²) < 4.78 is 23.8. The Kier molecular flexibility index (Phi) is 6.61. The minimum Gasteiger partial charge on any atom is -0.493 e. The smallest absolute Gasteiger partial charge is 0.291 e. The van der Waals surface area contributed by atoms with Crippen LogP contribution < -0.4 is 14.9 Å². The number of nitrogens with zero attached hydrogens (tertiary/aromatic N) is 1. The fraction of sp³-hybridized carbons (Fsp3) is 0.312. The van der Waals surface area contributed by atoms with Crippen LogP contribution in [-0.4, -0.2) is 37.2 Å². The minimum atomic E-state index is -0.630. The van der Waals surface area contributed by atoms with Gasteiger partial charge in [0.1, 0.15) is 12.2 Å². The molecule has 7 nitrogen and oxygen atoms in total. The van der Waals surface area contributed by atoms with E-state index < -0.39 is 6.04 Å². The third-order valence-corrected chi connectivity index (χ3v) is 7.58. The first-order valence-corrected chi connectivity index (χ1v) is 13.3. The second kappa shape index (κ2) is 10.2. The van der Waals surface area contributed by atoms with Crippen molar-refractivity contribution in [2.45, 2.75) is 45.4 Å². The summed E-state index contributed by atoms with van der Waals surface area (Å²) in [5, 5.41) is 0.505. The SMILES string of the molecule is COc1cc(C2c3c(oc4cc(C)cc(C)c4c3=O)C(=O)N2CC2CCCO2)ccc1OCc1ccccc1. The van der Waals surface area contributed by atoms with Crippen LogP contribution in [0.1, 0.15) is 57.3 Å². The number of methoxy groups -OCH3 is 1. The molecule has 200 valence electrons. The number of hydrogen-bond acceptors (Lipinski definition) is 6. The quantitative estimate of drug-likeness (QED) is 0.307. The minimum absolute atomic E-state index is 0.0883. The summed E-state index contributed by atoms with van der Waals surface area (Å²) in [6.07, 6.45) is 1.73. The average molecular weight is 526 g/mol. The van der Waals surface area contributed by atoms with Gasteiger partial charge in [-0.1, -0.05) is 42.5 Å². The van der Waals surface area contributed by atoms with E-state index in [1.807, 2.05) is 74.5 Å². The van der Waals surface area contributed by atoms with Crippen molar-refractivity contribution in [2.24, 2.45) is 0 Å². The Hall–Kier alpha value is -4.10. The van der Waals surface area contributed by atoms with Gasteiger partial charge in [0.05, 0.1) is 30.2 Å². The van der Waals surface area contributed by atoms with Crippen LogP contribution in [-0.2, 0) is 11.3 Å². The molecular weight excluding hydrogens is 494 g/mol. The van der Waals surface area contributed by atoms with Crippen LogP contribution >= 0.6 is 0 Å². The normalized spacial score (nSPS) is 18.5. The molecule has 3 aromatic carbocycles. The topological polar surface area (TPSA) is 78.2 Å². The number of amides is 1. The first-order valence-electron chi connectivity index (χ1n) is 13.3. The molecule has 0 radical (unpaired) electrons. The second-order valence-corrected chi connectivity index (χ2v) is 10.3. The van der Waals surface area contributed by atoms with Crippen molar-refractivity contribution in [3.63, 3.8) is 0 Å². The van der Waals surface area contributed by atoms with E-state index in [0.717, 1.165) is 35.1 Å². The van der Waals surface area contributed by atoms with E-state index in [-0.39, 0.29) is 23.2 Å². The number of fused-ring (bicyclic) bond motifs is 2. The van der Waals surface area contributed by atoms with Crippen LogP contribution in [0.15, 0.2) is 69.9 Å². The zero-order valence-corrected chi connectivity index (χ0v) is 22.4. The van der Waals surface area contributed by atoms with E-state index in [1.54, 1.807) is 12.0 Å². The molecule has 0 saturated carbocycles. The van der Waals surface area contributed by atoms with E-state index >= 15 is 0 Å². The van der Waals surface area contributed by atoms with Gasteiger partial charge in [0.15, 0.2) is 16.9 Å². The maximum Gasteiger partial charge on any atom is 0.291 e. The Morgan fingerprint density at radius 3 is 2.56 bits per heavy atom. The number of ether oxygens (including phenoxy) is 3. The lowest BCUT2D eigenvalue weighted by Gasteiger charge is -2.28. The standard InChI is InChI=1S/C32H31NO6/c1-19-14-20(2)27-26(15-19)39-31-28(30(27)34)29(33(32(31)35)17-23-10-7-13-37-23)22-11-12-24(25(16-22)36-3)38-18-21-8-5-4-6-9-21/h4-6,8-9,11-12,14-16,23,29H,7,10,13,17-18H2,1-3H3. The lowest BCUT2D eigenvalue weighted by Crippen LogP contribution is -2.36. The molecule has 6 rings (SSSR count). The third-order valence-electron chi connectivity index (χ3n) is 7.58. The van der Waals surface area contributed by atoms with Gasteiger partial charge in [0.25, 0.3) is 5.91 Å². The van der Waals surface area contributed by atoms with Crippen molar-refractivity contribution in [3.05, 3.63) is 104 Å². The van der Waals surface area contributed by atoms with Gasteiger partial charge in [-0.2, -0.15) is 0 Å². The Bertz CT molecular complexity index is 1600. The highest BCUT2D eigenvalue weighted by atomic mass is 16.5. The zero-order chi connectivity index (χ0) is 27.1. The van der Waals surface area contributed by atoms with Gasteiger partial charge in [0.2, 0.25) is 5.76 Å². The Balaban J connectivity index is 1.45. The van der Waals surface area contributed by atoms with Gasteiger partial charge in [0, 0.05) is 13.2 Å². The maximum absolute atomic E-state index is 14.0. The van der Waals surface area contributed by atoms with Crippen molar-refractivity contribution in [3.8, 4) is 11.5 Å². The molecule has 1 aromatic heterocycles. The van der Waals surface area contributed by atoms with E-state index in [9.17, 15) is 9.59 Å². The number of aryl methyl sites for hydroxylation is 2. The molecule has 2 aliphatic heterocycles. The highest BCUT2D eigenvalue weighted by Crippen LogP contribution is 2.42. The molecule has 1 fully saturated rings. The molecule has 2 unspecified atom stereocenters. The molecular formula is C32H31NO6. The van der Waals surface area contributed by atoms with E-state index in [1.165, 1.54) is 0 Å². The van der Waals surface area contributed by atoms with Crippen LogP contribution in [0.3, 0.4) is 0 Å². The van der Waals surface area contributed by atoms with E-state index in [4.69, 9.17) is 18.6 Å². The predicted molar refractivity (Wildman–Crippen MR) is 148 cm³/mol. The fourth-order valence-corrected chi connectivity index (χ4v) is 5.77. The second-order valence-electron chi connectivity index (χ2n) is 10.3. The summed E-state index contributed by atoms with van der Waals surface area (Å²) in [6, 6.07) is 18.6. The Morgan fingerprint density at radius 2 is 1.82 bits per heavy atom. The molecule has 0 aliphatic carbocycles. The number of hydrogen-bond donors (Lipinski definition) is 0. The van der Waals surface area contributed by atoms with Crippen LogP contribution in [0.4, 0.5) is 0 Å². The molecule has 1 amide bonds. The molecule has 39 heavy (non-hydrogen) atoms. The summed E-state index contributed by atoms with van der Waals surface area (Å²) in [5.74, 6) is 0.909. The molecule has 3 heterocycles. The molecule has 4 aromatic rings. The summed E-state index contributed by atoms with van der Waals surface area (Å²) in [6.45, 7) is 5.28. The molecule has 0 bridgehead atoms. The molecule has 7 heteroatoms. The molecule has 0 N–H and O–H groups in total. The number of carbonyl (C=O) groups excluding carboxylic acids is 1. The largest absolute Gasteiger partial charge is 0.493 e. The predicted octanol–water partition coefficient (Wildman–Crippen LogP) is 5.72. The summed E-state index contributed by atoms with van der Waals surface area (Å²) in [5.41, 5.74) is 4.20. The average Bonchev–Trinajstić information content (AvgIpc) is 3.54. The maximum atomic E-state index is 14.0. The van der Waals surface area contributed by atoms with Crippen LogP contribution in [0, 0.1) is 13.8 Å². The van der Waals surface area contributed by atoms with Crippen molar-refractivity contribution < 1.29 is 23.4 Å². The number of carbonyl (C=O) groups is 1. The van der Waals surface area contributed by atoms with Crippen molar-refractivity contribution in [1.29, 1.82) is 0 Å². The molecule has 2 atom stereocenters. The van der Waals surface area contributed by atoms with Gasteiger partial charge in [-0.3, -0.25) is 9.59 Å². The lowest BCUT2D eigenvalue weighted by molar-refractivity contribution is 0.0486. The van der Waals surface area contributed by atoms with Crippen LogP contribution in [0.5, 0.6) is 11.5 Å². The van der Waals surface area contributed by atoms with Gasteiger partial charge in [-0.15, -0.1) is 0 Å². The first-order chi connectivity index (χ1) is 18.9. The summed E-state index contributed by atoms with van der Waals surface area (Å²) >= 11 is 0. The Labute approximate surface area is 226 Å². The van der Waals surface area contributed by atoms with E-state index in [0.29, 0.717) is 47.8 Å². The summed E-state index contributed by atoms with van der Waals surface area (Å²) in [4.78, 5) is 29.5. The van der Waals surface area contributed by atoms with Crippen molar-refractivity contribution >= 4 is 16.9 Å². The molecule has 1 saturated heterocycles.